The van der Waals surface area contributed by atoms with Gasteiger partial charge in [-0.2, -0.15) is 4.98 Å². The van der Waals surface area contributed by atoms with Crippen molar-refractivity contribution in [3.05, 3.63) is 54.7 Å². The quantitative estimate of drug-likeness (QED) is 0.774. The molecule has 0 aliphatic rings. The van der Waals surface area contributed by atoms with Gasteiger partial charge in [0.1, 0.15) is 11.6 Å². The highest BCUT2D eigenvalue weighted by Gasteiger charge is 2.02. The van der Waals surface area contributed by atoms with Crippen molar-refractivity contribution in [3.8, 4) is 11.6 Å². The molecule has 0 aliphatic carbocycles. The van der Waals surface area contributed by atoms with Gasteiger partial charge < -0.3 is 10.1 Å². The van der Waals surface area contributed by atoms with E-state index in [4.69, 9.17) is 4.74 Å². The van der Waals surface area contributed by atoms with Crippen LogP contribution in [0.15, 0.2) is 54.7 Å². The Labute approximate surface area is 111 Å². The predicted molar refractivity (Wildman–Crippen MR) is 75.6 cm³/mol. The van der Waals surface area contributed by atoms with Crippen LogP contribution < -0.4 is 10.1 Å². The van der Waals surface area contributed by atoms with Crippen LogP contribution in [0.2, 0.25) is 0 Å². The molecule has 0 saturated carbocycles. The van der Waals surface area contributed by atoms with Crippen LogP contribution in [0.25, 0.3) is 10.9 Å². The number of pyridine rings is 2. The summed E-state index contributed by atoms with van der Waals surface area (Å²) in [6, 6.07) is 15.5. The lowest BCUT2D eigenvalue weighted by Gasteiger charge is -2.06. The number of hydrogen-bond acceptors (Lipinski definition) is 4. The monoisotopic (exact) mass is 251 g/mol. The fourth-order valence-corrected chi connectivity index (χ4v) is 1.84. The summed E-state index contributed by atoms with van der Waals surface area (Å²) >= 11 is 0. The van der Waals surface area contributed by atoms with Crippen LogP contribution in [-0.4, -0.2) is 17.0 Å². The number of anilines is 1. The van der Waals surface area contributed by atoms with Gasteiger partial charge in [0, 0.05) is 18.5 Å². The Morgan fingerprint density at radius 2 is 1.95 bits per heavy atom. The number of ether oxygens (including phenoxy) is 1. The number of fused-ring (bicyclic) bond motifs is 1. The molecule has 94 valence electrons. The summed E-state index contributed by atoms with van der Waals surface area (Å²) in [5, 5.41) is 4.02. The molecule has 4 heteroatoms. The first-order valence-corrected chi connectivity index (χ1v) is 6.02. The molecule has 0 amide bonds. The molecule has 3 rings (SSSR count). The number of hydrogen-bond donors (Lipinski definition) is 1. The lowest BCUT2D eigenvalue weighted by Crippen LogP contribution is -1.94. The van der Waals surface area contributed by atoms with Gasteiger partial charge in [0.2, 0.25) is 5.88 Å². The molecular formula is C15H13N3O. The Morgan fingerprint density at radius 1 is 1.05 bits per heavy atom. The van der Waals surface area contributed by atoms with E-state index in [1.165, 1.54) is 0 Å². The van der Waals surface area contributed by atoms with Crippen LogP contribution in [0.3, 0.4) is 0 Å². The van der Waals surface area contributed by atoms with Crippen LogP contribution in [0, 0.1) is 0 Å². The van der Waals surface area contributed by atoms with Crippen LogP contribution >= 0.6 is 0 Å². The summed E-state index contributed by atoms with van der Waals surface area (Å²) in [4.78, 5) is 8.66. The summed E-state index contributed by atoms with van der Waals surface area (Å²) in [6.45, 7) is 0. The van der Waals surface area contributed by atoms with Crippen molar-refractivity contribution >= 4 is 16.7 Å². The molecule has 4 nitrogen and oxygen atoms in total. The largest absolute Gasteiger partial charge is 0.437 e. The fourth-order valence-electron chi connectivity index (χ4n) is 1.84. The molecule has 1 aromatic carbocycles. The Morgan fingerprint density at radius 3 is 2.84 bits per heavy atom. The van der Waals surface area contributed by atoms with Crippen molar-refractivity contribution < 1.29 is 4.74 Å². The Balaban J connectivity index is 1.92. The number of benzene rings is 1. The third kappa shape index (κ3) is 2.47. The van der Waals surface area contributed by atoms with E-state index >= 15 is 0 Å². The van der Waals surface area contributed by atoms with E-state index in [1.54, 1.807) is 6.20 Å². The van der Waals surface area contributed by atoms with Crippen LogP contribution in [0.1, 0.15) is 0 Å². The number of rotatable bonds is 3. The highest BCUT2D eigenvalue weighted by molar-refractivity contribution is 5.79. The lowest BCUT2D eigenvalue weighted by molar-refractivity contribution is 0.462. The van der Waals surface area contributed by atoms with Crippen molar-refractivity contribution in [1.29, 1.82) is 0 Å². The summed E-state index contributed by atoms with van der Waals surface area (Å²) in [7, 11) is 1.82. The minimum absolute atomic E-state index is 0.545. The molecule has 0 radical (unpaired) electrons. The van der Waals surface area contributed by atoms with Gasteiger partial charge >= 0.3 is 0 Å². The van der Waals surface area contributed by atoms with E-state index in [-0.39, 0.29) is 0 Å². The third-order valence-electron chi connectivity index (χ3n) is 2.77. The van der Waals surface area contributed by atoms with Gasteiger partial charge in [-0.3, -0.25) is 4.98 Å². The summed E-state index contributed by atoms with van der Waals surface area (Å²) < 4.78 is 5.72. The molecule has 1 N–H and O–H groups in total. The molecule has 0 unspecified atom stereocenters. The zero-order valence-corrected chi connectivity index (χ0v) is 10.5. The molecule has 2 aromatic heterocycles. The maximum atomic E-state index is 5.72. The maximum Gasteiger partial charge on any atom is 0.221 e. The van der Waals surface area contributed by atoms with E-state index < -0.39 is 0 Å². The second-order valence-electron chi connectivity index (χ2n) is 4.08. The van der Waals surface area contributed by atoms with E-state index in [2.05, 4.69) is 15.3 Å². The fraction of sp³-hybridized carbons (Fsp3) is 0.0667. The van der Waals surface area contributed by atoms with Crippen LogP contribution in [-0.2, 0) is 0 Å². The number of para-hydroxylation sites is 1. The van der Waals surface area contributed by atoms with Crippen molar-refractivity contribution in [1.82, 2.24) is 9.97 Å². The molecule has 3 aromatic rings. The van der Waals surface area contributed by atoms with Gasteiger partial charge in [0.15, 0.2) is 0 Å². The first-order valence-electron chi connectivity index (χ1n) is 6.02. The lowest BCUT2D eigenvalue weighted by atomic mass is 10.2. The van der Waals surface area contributed by atoms with Gasteiger partial charge in [-0.05, 0) is 18.2 Å². The molecule has 19 heavy (non-hydrogen) atoms. The number of aromatic nitrogens is 2. The molecule has 0 fully saturated rings. The Bertz CT molecular complexity index is 712. The second-order valence-corrected chi connectivity index (χ2v) is 4.08. The van der Waals surface area contributed by atoms with Crippen molar-refractivity contribution in [3.63, 3.8) is 0 Å². The zero-order chi connectivity index (χ0) is 13.1. The molecule has 0 spiro atoms. The van der Waals surface area contributed by atoms with Gasteiger partial charge in [-0.25, -0.2) is 0 Å². The van der Waals surface area contributed by atoms with Crippen LogP contribution in [0.5, 0.6) is 11.6 Å². The van der Waals surface area contributed by atoms with Crippen molar-refractivity contribution in [2.75, 3.05) is 12.4 Å². The molecule has 0 saturated heterocycles. The molecular weight excluding hydrogens is 238 g/mol. The van der Waals surface area contributed by atoms with E-state index in [9.17, 15) is 0 Å². The van der Waals surface area contributed by atoms with E-state index in [0.717, 1.165) is 16.7 Å². The molecule has 0 atom stereocenters. The van der Waals surface area contributed by atoms with Crippen LogP contribution in [0.4, 0.5) is 5.82 Å². The third-order valence-corrected chi connectivity index (χ3v) is 2.77. The number of nitrogens with zero attached hydrogens (tertiary/aromatic N) is 2. The van der Waals surface area contributed by atoms with Gasteiger partial charge in [-0.1, -0.05) is 24.3 Å². The normalized spacial score (nSPS) is 10.4. The standard InChI is InChI=1S/C15H13N3O/c1-16-14-7-4-8-15(18-14)19-12-9-11-5-2-3-6-13(11)17-10-12/h2-10H,1H3,(H,16,18). The predicted octanol–water partition coefficient (Wildman–Crippen LogP) is 3.46. The van der Waals surface area contributed by atoms with Crippen molar-refractivity contribution in [2.24, 2.45) is 0 Å². The highest BCUT2D eigenvalue weighted by atomic mass is 16.5. The molecule has 0 bridgehead atoms. The number of nitrogens with one attached hydrogen (secondary N) is 1. The first kappa shape index (κ1) is 11.5. The van der Waals surface area contributed by atoms with Gasteiger partial charge in [0.05, 0.1) is 11.7 Å². The molecule has 0 aliphatic heterocycles. The van der Waals surface area contributed by atoms with Gasteiger partial charge in [-0.15, -0.1) is 0 Å². The average Bonchev–Trinajstić information content (AvgIpc) is 2.47. The second kappa shape index (κ2) is 4.94. The summed E-state index contributed by atoms with van der Waals surface area (Å²) in [6.07, 6.45) is 1.70. The SMILES string of the molecule is CNc1cccc(Oc2cnc3ccccc3c2)n1. The topological polar surface area (TPSA) is 47.0 Å². The Hall–Kier alpha value is -2.62. The first-order chi connectivity index (χ1) is 9.35. The van der Waals surface area contributed by atoms with E-state index in [0.29, 0.717) is 11.6 Å². The highest BCUT2D eigenvalue weighted by Crippen LogP contribution is 2.23. The smallest absolute Gasteiger partial charge is 0.221 e. The summed E-state index contributed by atoms with van der Waals surface area (Å²) in [5.74, 6) is 2.00. The Kier molecular flexibility index (Phi) is 2.98. The maximum absolute atomic E-state index is 5.72. The van der Waals surface area contributed by atoms with E-state index in [1.807, 2.05) is 55.6 Å². The minimum Gasteiger partial charge on any atom is -0.437 e. The summed E-state index contributed by atoms with van der Waals surface area (Å²) in [5.41, 5.74) is 0.951. The molecule has 2 heterocycles. The van der Waals surface area contributed by atoms with Gasteiger partial charge in [0.25, 0.3) is 0 Å². The zero-order valence-electron chi connectivity index (χ0n) is 10.5. The minimum atomic E-state index is 0.545. The van der Waals surface area contributed by atoms with Crippen molar-refractivity contribution in [2.45, 2.75) is 0 Å². The average molecular weight is 251 g/mol.